The lowest BCUT2D eigenvalue weighted by atomic mass is 10.0. The lowest BCUT2D eigenvalue weighted by molar-refractivity contribution is 0.0591. The van der Waals surface area contributed by atoms with E-state index in [9.17, 15) is 0 Å². The highest BCUT2D eigenvalue weighted by molar-refractivity contribution is 8.00. The summed E-state index contributed by atoms with van der Waals surface area (Å²) >= 11 is 1.50. The number of hydrogen-bond acceptors (Lipinski definition) is 9. The van der Waals surface area contributed by atoms with Gasteiger partial charge in [-0.15, -0.1) is 0 Å². The quantitative estimate of drug-likeness (QED) is 0.391. The number of aromatic nitrogens is 2. The number of benzene rings is 1. The second-order valence-corrected chi connectivity index (χ2v) is 11.9. The summed E-state index contributed by atoms with van der Waals surface area (Å²) in [6, 6.07) is 15.0. The number of morpholine rings is 1. The minimum Gasteiger partial charge on any atom is -0.480 e. The van der Waals surface area contributed by atoms with Gasteiger partial charge >= 0.3 is 0 Å². The van der Waals surface area contributed by atoms with E-state index in [0.29, 0.717) is 5.88 Å². The summed E-state index contributed by atoms with van der Waals surface area (Å²) in [6.45, 7) is 15.6. The minimum absolute atomic E-state index is 0.249. The molecule has 1 aromatic carbocycles. The van der Waals surface area contributed by atoms with E-state index < -0.39 is 0 Å². The maximum absolute atomic E-state index is 5.52. The first kappa shape index (κ1) is 27.7. The first-order chi connectivity index (χ1) is 18.9. The molecule has 2 fully saturated rings. The van der Waals surface area contributed by atoms with E-state index >= 15 is 0 Å². The average molecular weight is 549 g/mol. The van der Waals surface area contributed by atoms with E-state index in [1.165, 1.54) is 17.5 Å². The summed E-state index contributed by atoms with van der Waals surface area (Å²) < 4.78 is 14.5. The van der Waals surface area contributed by atoms with Crippen molar-refractivity contribution in [2.45, 2.75) is 37.8 Å². The SMILES string of the molecule is COc1ncc(N2CCOCC2)cc1SNc1ccnc(-c2ccc(CN3CCN(C(C)(C)C)CC3)cc2)c1. The zero-order chi connectivity index (χ0) is 27.2. The molecular formula is C30H40N6O2S. The predicted octanol–water partition coefficient (Wildman–Crippen LogP) is 5.02. The minimum atomic E-state index is 0.249. The highest BCUT2D eigenvalue weighted by Gasteiger charge is 2.25. The van der Waals surface area contributed by atoms with Gasteiger partial charge in [0.2, 0.25) is 5.88 Å². The van der Waals surface area contributed by atoms with Crippen LogP contribution in [0, 0.1) is 0 Å². The van der Waals surface area contributed by atoms with Crippen LogP contribution in [0.3, 0.4) is 0 Å². The van der Waals surface area contributed by atoms with Gasteiger partial charge in [0.15, 0.2) is 0 Å². The van der Waals surface area contributed by atoms with E-state index in [4.69, 9.17) is 9.47 Å². The summed E-state index contributed by atoms with van der Waals surface area (Å²) in [5.74, 6) is 0.606. The van der Waals surface area contributed by atoms with Gasteiger partial charge in [0.05, 0.1) is 42.8 Å². The Morgan fingerprint density at radius 2 is 1.69 bits per heavy atom. The van der Waals surface area contributed by atoms with Gasteiger partial charge < -0.3 is 19.1 Å². The van der Waals surface area contributed by atoms with Crippen LogP contribution in [-0.2, 0) is 11.3 Å². The van der Waals surface area contributed by atoms with Crippen LogP contribution < -0.4 is 14.4 Å². The van der Waals surface area contributed by atoms with E-state index in [1.54, 1.807) is 7.11 Å². The van der Waals surface area contributed by atoms with E-state index in [2.05, 4.69) is 86.6 Å². The fourth-order valence-electron chi connectivity index (χ4n) is 5.02. The molecule has 2 saturated heterocycles. The molecule has 0 amide bonds. The maximum Gasteiger partial charge on any atom is 0.229 e. The molecule has 208 valence electrons. The van der Waals surface area contributed by atoms with E-state index in [1.807, 2.05) is 18.5 Å². The smallest absolute Gasteiger partial charge is 0.229 e. The number of pyridine rings is 2. The molecule has 4 heterocycles. The van der Waals surface area contributed by atoms with Crippen molar-refractivity contribution in [3.8, 4) is 17.1 Å². The zero-order valence-corrected chi connectivity index (χ0v) is 24.3. The van der Waals surface area contributed by atoms with Crippen molar-refractivity contribution in [1.82, 2.24) is 19.8 Å². The van der Waals surface area contributed by atoms with Gasteiger partial charge in [0.25, 0.3) is 0 Å². The molecule has 2 aliphatic heterocycles. The molecule has 0 radical (unpaired) electrons. The fraction of sp³-hybridized carbons (Fsp3) is 0.467. The number of piperazine rings is 1. The molecule has 9 heteroatoms. The molecule has 0 aliphatic carbocycles. The van der Waals surface area contributed by atoms with Crippen molar-refractivity contribution in [2.24, 2.45) is 0 Å². The van der Waals surface area contributed by atoms with Crippen LogP contribution in [0.15, 0.2) is 59.8 Å². The molecule has 0 atom stereocenters. The Bertz CT molecular complexity index is 1220. The monoisotopic (exact) mass is 548 g/mol. The van der Waals surface area contributed by atoms with Crippen molar-refractivity contribution < 1.29 is 9.47 Å². The van der Waals surface area contributed by atoms with E-state index in [-0.39, 0.29) is 5.54 Å². The Hall–Kier alpha value is -2.85. The fourth-order valence-corrected chi connectivity index (χ4v) is 5.78. The first-order valence-corrected chi connectivity index (χ1v) is 14.5. The molecule has 0 bridgehead atoms. The number of nitrogens with zero attached hydrogens (tertiary/aromatic N) is 5. The van der Waals surface area contributed by atoms with Gasteiger partial charge in [-0.1, -0.05) is 24.3 Å². The molecule has 0 unspecified atom stereocenters. The number of rotatable bonds is 8. The number of ether oxygens (including phenoxy) is 2. The highest BCUT2D eigenvalue weighted by Crippen LogP contribution is 2.33. The summed E-state index contributed by atoms with van der Waals surface area (Å²) in [5, 5.41) is 0. The van der Waals surface area contributed by atoms with Crippen molar-refractivity contribution in [1.29, 1.82) is 0 Å². The molecule has 2 aliphatic rings. The van der Waals surface area contributed by atoms with Crippen LogP contribution in [0.1, 0.15) is 26.3 Å². The lowest BCUT2D eigenvalue weighted by Crippen LogP contribution is -2.53. The van der Waals surface area contributed by atoms with E-state index in [0.717, 1.165) is 86.6 Å². The van der Waals surface area contributed by atoms with Crippen LogP contribution in [0.5, 0.6) is 5.88 Å². The molecule has 1 N–H and O–H groups in total. The molecular weight excluding hydrogens is 508 g/mol. The van der Waals surface area contributed by atoms with Crippen LogP contribution in [0.4, 0.5) is 11.4 Å². The zero-order valence-electron chi connectivity index (χ0n) is 23.5. The largest absolute Gasteiger partial charge is 0.480 e. The van der Waals surface area contributed by atoms with Gasteiger partial charge in [-0.3, -0.25) is 14.8 Å². The van der Waals surface area contributed by atoms with Gasteiger partial charge in [0, 0.05) is 68.8 Å². The van der Waals surface area contributed by atoms with Gasteiger partial charge in [0.1, 0.15) is 0 Å². The van der Waals surface area contributed by atoms with Gasteiger partial charge in [-0.2, -0.15) is 0 Å². The molecule has 8 nitrogen and oxygen atoms in total. The molecule has 0 spiro atoms. The Morgan fingerprint density at radius 3 is 2.38 bits per heavy atom. The molecule has 39 heavy (non-hydrogen) atoms. The number of methoxy groups -OCH3 is 1. The Morgan fingerprint density at radius 1 is 0.949 bits per heavy atom. The highest BCUT2D eigenvalue weighted by atomic mass is 32.2. The molecule has 2 aromatic heterocycles. The average Bonchev–Trinajstić information content (AvgIpc) is 2.97. The second-order valence-electron chi connectivity index (χ2n) is 11.1. The van der Waals surface area contributed by atoms with Crippen LogP contribution >= 0.6 is 11.9 Å². The lowest BCUT2D eigenvalue weighted by Gasteiger charge is -2.42. The molecule has 3 aromatic rings. The van der Waals surface area contributed by atoms with Crippen LogP contribution in [0.2, 0.25) is 0 Å². The van der Waals surface area contributed by atoms with Gasteiger partial charge in [-0.05, 0) is 56.5 Å². The second kappa shape index (κ2) is 12.6. The maximum atomic E-state index is 5.52. The predicted molar refractivity (Wildman–Crippen MR) is 160 cm³/mol. The Balaban J connectivity index is 1.20. The number of hydrogen-bond donors (Lipinski definition) is 1. The molecule has 0 saturated carbocycles. The standard InChI is InChI=1S/C30H40N6O2S/c1-30(2,3)36-13-11-34(12-14-36)22-23-5-7-24(8-6-23)27-19-25(9-10-31-27)33-39-28-20-26(21-32-29(28)37-4)35-15-17-38-18-16-35/h5-10,19-21H,11-18,22H2,1-4H3,(H,31,33). The summed E-state index contributed by atoms with van der Waals surface area (Å²) in [4.78, 5) is 17.5. The third kappa shape index (κ3) is 7.22. The summed E-state index contributed by atoms with van der Waals surface area (Å²) in [7, 11) is 1.65. The van der Waals surface area contributed by atoms with Gasteiger partial charge in [-0.25, -0.2) is 4.98 Å². The third-order valence-electron chi connectivity index (χ3n) is 7.39. The normalized spacial score (nSPS) is 17.3. The molecule has 5 rings (SSSR count). The Labute approximate surface area is 236 Å². The first-order valence-electron chi connectivity index (χ1n) is 13.7. The number of anilines is 2. The third-order valence-corrected chi connectivity index (χ3v) is 8.24. The van der Waals surface area contributed by atoms with Crippen LogP contribution in [-0.4, -0.2) is 84.9 Å². The topological polar surface area (TPSA) is 66.0 Å². The van der Waals surface area contributed by atoms with Crippen molar-refractivity contribution in [3.05, 3.63) is 60.4 Å². The van der Waals surface area contributed by atoms with Crippen molar-refractivity contribution >= 4 is 23.3 Å². The van der Waals surface area contributed by atoms with Crippen molar-refractivity contribution in [3.63, 3.8) is 0 Å². The summed E-state index contributed by atoms with van der Waals surface area (Å²) in [6.07, 6.45) is 3.72. The number of nitrogens with one attached hydrogen (secondary N) is 1. The Kier molecular flexibility index (Phi) is 8.92. The summed E-state index contributed by atoms with van der Waals surface area (Å²) in [5.41, 5.74) is 5.70. The van der Waals surface area contributed by atoms with Crippen LogP contribution in [0.25, 0.3) is 11.3 Å². The van der Waals surface area contributed by atoms with Crippen molar-refractivity contribution in [2.75, 3.05) is 69.2 Å².